The van der Waals surface area contributed by atoms with E-state index in [4.69, 9.17) is 14.7 Å². The molecule has 2 aromatic carbocycles. The Morgan fingerprint density at radius 1 is 1.29 bits per heavy atom. The lowest BCUT2D eigenvalue weighted by molar-refractivity contribution is -0.126. The lowest BCUT2D eigenvalue weighted by Crippen LogP contribution is -2.36. The number of hydrogen-bond acceptors (Lipinski definition) is 9. The van der Waals surface area contributed by atoms with Crippen LogP contribution in [0.15, 0.2) is 41.0 Å². The van der Waals surface area contributed by atoms with E-state index in [0.717, 1.165) is 12.5 Å². The Kier molecular flexibility index (Phi) is 6.97. The highest BCUT2D eigenvalue weighted by Gasteiger charge is 2.21. The first-order valence-electron chi connectivity index (χ1n) is 10.7. The van der Waals surface area contributed by atoms with E-state index in [1.165, 1.54) is 32.5 Å². The second-order valence-corrected chi connectivity index (χ2v) is 10.3. The minimum Gasteiger partial charge on any atom is -0.496 e. The van der Waals surface area contributed by atoms with Gasteiger partial charge in [-0.3, -0.25) is 4.79 Å². The Morgan fingerprint density at radius 2 is 2.09 bits per heavy atom. The number of fused-ring (bicyclic) bond motifs is 1. The van der Waals surface area contributed by atoms with Crippen molar-refractivity contribution in [1.82, 2.24) is 15.3 Å². The zero-order valence-electron chi connectivity index (χ0n) is 19.1. The Labute approximate surface area is 201 Å². The van der Waals surface area contributed by atoms with Gasteiger partial charge in [-0.25, -0.2) is 18.6 Å². The molecule has 10 nitrogen and oxygen atoms in total. The van der Waals surface area contributed by atoms with Crippen molar-refractivity contribution in [2.75, 3.05) is 30.5 Å². The van der Waals surface area contributed by atoms with E-state index in [0.29, 0.717) is 45.4 Å². The molecule has 4 rings (SSSR count). The molecule has 1 fully saturated rings. The first kappa shape index (κ1) is 24.2. The Morgan fingerprint density at radius 3 is 2.77 bits per heavy atom. The van der Waals surface area contributed by atoms with Crippen LogP contribution in [0.25, 0.3) is 10.9 Å². The molecular weight excluding hydrogens is 475 g/mol. The summed E-state index contributed by atoms with van der Waals surface area (Å²) >= 11 is 0. The Bertz CT molecular complexity index is 1440. The summed E-state index contributed by atoms with van der Waals surface area (Å²) in [5, 5.41) is 14.7. The summed E-state index contributed by atoms with van der Waals surface area (Å²) in [4.78, 5) is 20.7. The fraction of sp³-hybridized carbons (Fsp3) is 0.304. The van der Waals surface area contributed by atoms with Gasteiger partial charge in [0, 0.05) is 23.6 Å². The van der Waals surface area contributed by atoms with Crippen LogP contribution in [0, 0.1) is 17.1 Å². The summed E-state index contributed by atoms with van der Waals surface area (Å²) in [5.74, 6) is 0.913. The van der Waals surface area contributed by atoms with Gasteiger partial charge in [0.15, 0.2) is 6.10 Å². The van der Waals surface area contributed by atoms with Gasteiger partial charge in [0.05, 0.1) is 45.2 Å². The fourth-order valence-corrected chi connectivity index (χ4v) is 4.92. The number of benzene rings is 2. The number of amides is 1. The smallest absolute Gasteiger partial charge is 0.261 e. The number of aromatic nitrogens is 2. The van der Waals surface area contributed by atoms with Crippen molar-refractivity contribution in [2.24, 2.45) is 4.36 Å². The second kappa shape index (κ2) is 10.1. The zero-order chi connectivity index (χ0) is 25.0. The maximum atomic E-state index is 14.0. The third-order valence-electron chi connectivity index (χ3n) is 5.32. The molecular formula is C23H23FN6O4S. The number of carbonyl (C=O) groups excluding carboxylic acids is 1. The molecule has 1 aromatic heterocycles. The summed E-state index contributed by atoms with van der Waals surface area (Å²) in [5.41, 5.74) is 1.36. The molecule has 2 heterocycles. The van der Waals surface area contributed by atoms with Gasteiger partial charge in [0.1, 0.15) is 36.0 Å². The summed E-state index contributed by atoms with van der Waals surface area (Å²) in [6.45, 7) is 1.32. The molecule has 1 atom stereocenters. The molecule has 1 saturated heterocycles. The van der Waals surface area contributed by atoms with Crippen LogP contribution >= 0.6 is 0 Å². The lowest BCUT2D eigenvalue weighted by Gasteiger charge is -2.19. The van der Waals surface area contributed by atoms with Gasteiger partial charge >= 0.3 is 0 Å². The predicted octanol–water partition coefficient (Wildman–Crippen LogP) is 3.43. The third-order valence-corrected chi connectivity index (χ3v) is 7.71. The number of ether oxygens (including phenoxy) is 2. The lowest BCUT2D eigenvalue weighted by atomic mass is 10.2. The summed E-state index contributed by atoms with van der Waals surface area (Å²) in [7, 11) is -0.728. The van der Waals surface area contributed by atoms with Crippen LogP contribution in [0.1, 0.15) is 13.3 Å². The van der Waals surface area contributed by atoms with Crippen LogP contribution in [0.2, 0.25) is 0 Å². The van der Waals surface area contributed by atoms with Crippen LogP contribution < -0.4 is 20.1 Å². The van der Waals surface area contributed by atoms with Gasteiger partial charge in [0.25, 0.3) is 5.91 Å². The molecule has 1 amide bonds. The molecule has 0 saturated carbocycles. The quantitative estimate of drug-likeness (QED) is 0.451. The van der Waals surface area contributed by atoms with E-state index in [9.17, 15) is 13.4 Å². The number of rotatable bonds is 8. The minimum atomic E-state index is -2.22. The van der Waals surface area contributed by atoms with Gasteiger partial charge in [0.2, 0.25) is 0 Å². The van der Waals surface area contributed by atoms with Gasteiger partial charge in [-0.2, -0.15) is 9.62 Å². The van der Waals surface area contributed by atoms with E-state index in [-0.39, 0.29) is 12.3 Å². The first-order chi connectivity index (χ1) is 16.8. The van der Waals surface area contributed by atoms with Crippen molar-refractivity contribution in [3.63, 3.8) is 0 Å². The molecule has 3 aromatic rings. The van der Waals surface area contributed by atoms with Crippen molar-refractivity contribution in [2.45, 2.75) is 19.4 Å². The van der Waals surface area contributed by atoms with Crippen molar-refractivity contribution < 1.29 is 22.9 Å². The maximum absolute atomic E-state index is 14.0. The van der Waals surface area contributed by atoms with E-state index in [2.05, 4.69) is 25.0 Å². The molecule has 0 aliphatic carbocycles. The van der Waals surface area contributed by atoms with Crippen LogP contribution in [-0.4, -0.2) is 51.3 Å². The molecule has 0 unspecified atom stereocenters. The van der Waals surface area contributed by atoms with Crippen molar-refractivity contribution in [3.05, 3.63) is 42.5 Å². The molecule has 35 heavy (non-hydrogen) atoms. The Balaban J connectivity index is 1.70. The SMILES string of the molecule is COc1cc(N=S2(=O)CCC2)cc2ncnc(Nc3ccc(F)cc3O[C@H](C)C(=O)NCC#N)c12. The highest BCUT2D eigenvalue weighted by atomic mass is 32.2. The van der Waals surface area contributed by atoms with Crippen LogP contribution in [-0.2, 0) is 14.5 Å². The largest absolute Gasteiger partial charge is 0.496 e. The van der Waals surface area contributed by atoms with Gasteiger partial charge < -0.3 is 20.1 Å². The highest BCUT2D eigenvalue weighted by Crippen LogP contribution is 2.38. The molecule has 1 aliphatic heterocycles. The number of nitriles is 1. The molecule has 182 valence electrons. The first-order valence-corrected chi connectivity index (χ1v) is 12.6. The van der Waals surface area contributed by atoms with Crippen molar-refractivity contribution in [1.29, 1.82) is 5.26 Å². The van der Waals surface area contributed by atoms with Gasteiger partial charge in [-0.15, -0.1) is 0 Å². The van der Waals surface area contributed by atoms with Crippen molar-refractivity contribution >= 4 is 43.7 Å². The summed E-state index contributed by atoms with van der Waals surface area (Å²) in [6.07, 6.45) is 1.25. The molecule has 2 N–H and O–H groups in total. The average Bonchev–Trinajstić information content (AvgIpc) is 2.82. The third kappa shape index (κ3) is 5.41. The Hall–Kier alpha value is -3.98. The minimum absolute atomic E-state index is 0.0730. The van der Waals surface area contributed by atoms with Crippen LogP contribution in [0.4, 0.5) is 21.6 Å². The van der Waals surface area contributed by atoms with E-state index in [1.807, 2.05) is 6.07 Å². The molecule has 12 heteroatoms. The standard InChI is InChI=1S/C23H23FN6O4S/c1-14(23(31)26-7-6-25)34-19-10-15(24)4-5-17(19)29-22-21-18(27-13-28-22)11-16(12-20(21)33-2)30-35(32)8-3-9-35/h4-5,10-14H,3,7-9H2,1-2H3,(H,26,31)(H,27,28,29)/t14-/m1/s1. The topological polar surface area (TPSA) is 139 Å². The predicted molar refractivity (Wildman–Crippen MR) is 129 cm³/mol. The highest BCUT2D eigenvalue weighted by molar-refractivity contribution is 7.95. The number of anilines is 2. The average molecular weight is 499 g/mol. The normalized spacial score (nSPS) is 14.8. The fourth-order valence-electron chi connectivity index (χ4n) is 3.46. The van der Waals surface area contributed by atoms with E-state index < -0.39 is 27.6 Å². The number of halogens is 1. The molecule has 0 radical (unpaired) electrons. The number of nitrogens with zero attached hydrogens (tertiary/aromatic N) is 4. The number of methoxy groups -OCH3 is 1. The molecule has 0 bridgehead atoms. The number of nitrogens with one attached hydrogen (secondary N) is 2. The zero-order valence-corrected chi connectivity index (χ0v) is 19.9. The second-order valence-electron chi connectivity index (χ2n) is 7.79. The summed E-state index contributed by atoms with van der Waals surface area (Å²) < 4.78 is 42.2. The number of hydrogen-bond donors (Lipinski definition) is 2. The molecule has 1 aliphatic rings. The van der Waals surface area contributed by atoms with Crippen molar-refractivity contribution in [3.8, 4) is 17.6 Å². The van der Waals surface area contributed by atoms with E-state index >= 15 is 0 Å². The summed E-state index contributed by atoms with van der Waals surface area (Å²) in [6, 6.07) is 9.03. The monoisotopic (exact) mass is 498 g/mol. The molecule has 0 spiro atoms. The van der Waals surface area contributed by atoms with Gasteiger partial charge in [-0.1, -0.05) is 0 Å². The maximum Gasteiger partial charge on any atom is 0.261 e. The van der Waals surface area contributed by atoms with E-state index in [1.54, 1.807) is 12.1 Å². The van der Waals surface area contributed by atoms with Gasteiger partial charge in [-0.05, 0) is 31.5 Å². The van der Waals surface area contributed by atoms with Crippen LogP contribution in [0.3, 0.4) is 0 Å². The van der Waals surface area contributed by atoms with Crippen LogP contribution in [0.5, 0.6) is 11.5 Å². The number of carbonyl (C=O) groups is 1.